The second-order valence-corrected chi connectivity index (χ2v) is 4.95. The van der Waals surface area contributed by atoms with Crippen molar-refractivity contribution >= 4 is 11.6 Å². The number of pyridine rings is 1. The van der Waals surface area contributed by atoms with Crippen molar-refractivity contribution in [3.63, 3.8) is 0 Å². The standard InChI is InChI=1S/C16H19N3O2/c1-11(2)21-15-9-13(3-4-14(15)16(17)20)19-10-12-5-7-18-8-6-12/h3-9,11,19H,10H2,1-2H3,(H2,17,20). The maximum atomic E-state index is 11.4. The number of amides is 1. The van der Waals surface area contributed by atoms with Crippen LogP contribution in [0.4, 0.5) is 5.69 Å². The van der Waals surface area contributed by atoms with E-state index in [-0.39, 0.29) is 6.10 Å². The van der Waals surface area contributed by atoms with Crippen LogP contribution in [0.3, 0.4) is 0 Å². The van der Waals surface area contributed by atoms with E-state index in [0.29, 0.717) is 17.9 Å². The maximum absolute atomic E-state index is 11.4. The number of primary amides is 1. The quantitative estimate of drug-likeness (QED) is 0.855. The predicted octanol–water partition coefficient (Wildman–Crippen LogP) is 2.58. The predicted molar refractivity (Wildman–Crippen MR) is 82.3 cm³/mol. The molecule has 110 valence electrons. The molecule has 0 saturated heterocycles. The number of aromatic nitrogens is 1. The molecule has 3 N–H and O–H groups in total. The van der Waals surface area contributed by atoms with Gasteiger partial charge >= 0.3 is 0 Å². The highest BCUT2D eigenvalue weighted by Crippen LogP contribution is 2.24. The number of benzene rings is 1. The van der Waals surface area contributed by atoms with E-state index in [9.17, 15) is 4.79 Å². The van der Waals surface area contributed by atoms with Gasteiger partial charge in [0.05, 0.1) is 11.7 Å². The van der Waals surface area contributed by atoms with Crippen LogP contribution >= 0.6 is 0 Å². The van der Waals surface area contributed by atoms with Crippen molar-refractivity contribution in [3.05, 3.63) is 53.9 Å². The molecule has 0 unspecified atom stereocenters. The van der Waals surface area contributed by atoms with Gasteiger partial charge in [-0.2, -0.15) is 0 Å². The van der Waals surface area contributed by atoms with Gasteiger partial charge in [0.2, 0.25) is 0 Å². The van der Waals surface area contributed by atoms with Crippen molar-refractivity contribution in [1.29, 1.82) is 0 Å². The monoisotopic (exact) mass is 285 g/mol. The number of carbonyl (C=O) groups is 1. The van der Waals surface area contributed by atoms with E-state index in [1.807, 2.05) is 32.0 Å². The molecule has 0 fully saturated rings. The van der Waals surface area contributed by atoms with Crippen LogP contribution in [0, 0.1) is 0 Å². The number of nitrogens with zero attached hydrogens (tertiary/aromatic N) is 1. The van der Waals surface area contributed by atoms with Gasteiger partial charge in [-0.3, -0.25) is 9.78 Å². The van der Waals surface area contributed by atoms with E-state index < -0.39 is 5.91 Å². The van der Waals surface area contributed by atoms with Crippen LogP contribution in [0.15, 0.2) is 42.7 Å². The van der Waals surface area contributed by atoms with E-state index in [0.717, 1.165) is 11.3 Å². The zero-order chi connectivity index (χ0) is 15.2. The lowest BCUT2D eigenvalue weighted by Gasteiger charge is -2.15. The van der Waals surface area contributed by atoms with Crippen molar-refractivity contribution in [2.24, 2.45) is 5.73 Å². The first-order valence-corrected chi connectivity index (χ1v) is 6.79. The summed E-state index contributed by atoms with van der Waals surface area (Å²) in [5.41, 5.74) is 7.73. The van der Waals surface area contributed by atoms with E-state index in [1.165, 1.54) is 0 Å². The summed E-state index contributed by atoms with van der Waals surface area (Å²) in [7, 11) is 0. The molecular formula is C16H19N3O2. The number of carbonyl (C=O) groups excluding carboxylic acids is 1. The second-order valence-electron chi connectivity index (χ2n) is 4.95. The zero-order valence-electron chi connectivity index (χ0n) is 12.2. The fraction of sp³-hybridized carbons (Fsp3) is 0.250. The van der Waals surface area contributed by atoms with Crippen molar-refractivity contribution in [1.82, 2.24) is 4.98 Å². The Morgan fingerprint density at radius 1 is 1.29 bits per heavy atom. The van der Waals surface area contributed by atoms with Crippen LogP contribution in [-0.4, -0.2) is 17.0 Å². The van der Waals surface area contributed by atoms with Gasteiger partial charge in [-0.25, -0.2) is 0 Å². The summed E-state index contributed by atoms with van der Waals surface area (Å²) in [5, 5.41) is 3.28. The van der Waals surface area contributed by atoms with Gasteiger partial charge in [-0.15, -0.1) is 0 Å². The number of hydrogen-bond donors (Lipinski definition) is 2. The summed E-state index contributed by atoms with van der Waals surface area (Å²) in [6.45, 7) is 4.48. The Morgan fingerprint density at radius 2 is 2.00 bits per heavy atom. The highest BCUT2D eigenvalue weighted by atomic mass is 16.5. The molecule has 5 nitrogen and oxygen atoms in total. The average Bonchev–Trinajstić information content (AvgIpc) is 2.45. The van der Waals surface area contributed by atoms with E-state index in [1.54, 1.807) is 24.5 Å². The molecule has 0 aliphatic rings. The second kappa shape index (κ2) is 6.74. The number of nitrogens with two attached hydrogens (primary N) is 1. The largest absolute Gasteiger partial charge is 0.490 e. The Morgan fingerprint density at radius 3 is 2.62 bits per heavy atom. The molecule has 2 rings (SSSR count). The summed E-state index contributed by atoms with van der Waals surface area (Å²) in [5.74, 6) is 0.00330. The first kappa shape index (κ1) is 14.8. The molecule has 0 saturated carbocycles. The minimum Gasteiger partial charge on any atom is -0.490 e. The molecule has 5 heteroatoms. The molecule has 0 radical (unpaired) electrons. The summed E-state index contributed by atoms with van der Waals surface area (Å²) in [6.07, 6.45) is 3.47. The lowest BCUT2D eigenvalue weighted by atomic mass is 10.1. The van der Waals surface area contributed by atoms with E-state index >= 15 is 0 Å². The SMILES string of the molecule is CC(C)Oc1cc(NCc2ccncc2)ccc1C(N)=O. The number of hydrogen-bond acceptors (Lipinski definition) is 4. The number of anilines is 1. The Hall–Kier alpha value is -2.56. The smallest absolute Gasteiger partial charge is 0.252 e. The molecule has 0 atom stereocenters. The molecule has 1 aromatic carbocycles. The summed E-state index contributed by atoms with van der Waals surface area (Å²) < 4.78 is 5.65. The highest BCUT2D eigenvalue weighted by Gasteiger charge is 2.11. The third-order valence-corrected chi connectivity index (χ3v) is 2.86. The van der Waals surface area contributed by atoms with Crippen LogP contribution in [-0.2, 0) is 6.54 Å². The molecule has 1 aromatic heterocycles. The third-order valence-electron chi connectivity index (χ3n) is 2.86. The maximum Gasteiger partial charge on any atom is 0.252 e. The molecule has 0 spiro atoms. The van der Waals surface area contributed by atoms with Crippen molar-refractivity contribution in [3.8, 4) is 5.75 Å². The number of ether oxygens (including phenoxy) is 1. The molecule has 0 aliphatic carbocycles. The lowest BCUT2D eigenvalue weighted by Crippen LogP contribution is -2.15. The van der Waals surface area contributed by atoms with Crippen LogP contribution in [0.25, 0.3) is 0 Å². The van der Waals surface area contributed by atoms with Crippen molar-refractivity contribution in [2.75, 3.05) is 5.32 Å². The van der Waals surface area contributed by atoms with E-state index in [2.05, 4.69) is 10.3 Å². The summed E-state index contributed by atoms with van der Waals surface area (Å²) in [4.78, 5) is 15.4. The normalized spacial score (nSPS) is 10.4. The number of rotatable bonds is 6. The van der Waals surface area contributed by atoms with Gasteiger partial charge in [0, 0.05) is 30.7 Å². The van der Waals surface area contributed by atoms with Crippen LogP contribution in [0.2, 0.25) is 0 Å². The van der Waals surface area contributed by atoms with Gasteiger partial charge in [0.1, 0.15) is 5.75 Å². The van der Waals surface area contributed by atoms with Gasteiger partial charge < -0.3 is 15.8 Å². The Labute approximate surface area is 124 Å². The first-order chi connectivity index (χ1) is 10.1. The van der Waals surface area contributed by atoms with Crippen molar-refractivity contribution < 1.29 is 9.53 Å². The average molecular weight is 285 g/mol. The molecule has 1 heterocycles. The highest BCUT2D eigenvalue weighted by molar-refractivity contribution is 5.96. The minimum atomic E-state index is -0.494. The molecule has 21 heavy (non-hydrogen) atoms. The fourth-order valence-corrected chi connectivity index (χ4v) is 1.89. The molecule has 2 aromatic rings. The lowest BCUT2D eigenvalue weighted by molar-refractivity contribution is 0.0994. The van der Waals surface area contributed by atoms with Crippen LogP contribution < -0.4 is 15.8 Å². The zero-order valence-corrected chi connectivity index (χ0v) is 12.2. The van der Waals surface area contributed by atoms with Crippen molar-refractivity contribution in [2.45, 2.75) is 26.5 Å². The topological polar surface area (TPSA) is 77.2 Å². The fourth-order valence-electron chi connectivity index (χ4n) is 1.89. The van der Waals surface area contributed by atoms with E-state index in [4.69, 9.17) is 10.5 Å². The van der Waals surface area contributed by atoms with Gasteiger partial charge in [0.25, 0.3) is 5.91 Å². The van der Waals surface area contributed by atoms with Gasteiger partial charge in [0.15, 0.2) is 0 Å². The van der Waals surface area contributed by atoms with Gasteiger partial charge in [-0.1, -0.05) is 0 Å². The first-order valence-electron chi connectivity index (χ1n) is 6.79. The molecular weight excluding hydrogens is 266 g/mol. The molecule has 0 aliphatic heterocycles. The Bertz CT molecular complexity index is 612. The number of nitrogens with one attached hydrogen (secondary N) is 1. The molecule has 0 bridgehead atoms. The Balaban J connectivity index is 2.15. The van der Waals surface area contributed by atoms with Crippen LogP contribution in [0.1, 0.15) is 29.8 Å². The minimum absolute atomic E-state index is 0.0291. The van der Waals surface area contributed by atoms with Crippen LogP contribution in [0.5, 0.6) is 5.75 Å². The summed E-state index contributed by atoms with van der Waals surface area (Å²) >= 11 is 0. The molecule has 1 amide bonds. The van der Waals surface area contributed by atoms with Gasteiger partial charge in [-0.05, 0) is 43.7 Å². The third kappa shape index (κ3) is 4.21. The Kier molecular flexibility index (Phi) is 4.77. The summed E-state index contributed by atoms with van der Waals surface area (Å²) in [6, 6.07) is 9.16.